The Morgan fingerprint density at radius 3 is 1.53 bits per heavy atom. The lowest BCUT2D eigenvalue weighted by Crippen LogP contribution is -3.00. The van der Waals surface area contributed by atoms with Gasteiger partial charge in [-0.05, 0) is 25.7 Å². The average molecular weight is 357 g/mol. The van der Waals surface area contributed by atoms with Crippen molar-refractivity contribution >= 4 is 15.9 Å². The van der Waals surface area contributed by atoms with Gasteiger partial charge in [0.05, 0.1) is 32.0 Å². The van der Waals surface area contributed by atoms with Gasteiger partial charge in [0.15, 0.2) is 0 Å². The summed E-state index contributed by atoms with van der Waals surface area (Å²) in [6.45, 7) is 8.62. The molecule has 0 radical (unpaired) electrons. The van der Waals surface area contributed by atoms with Gasteiger partial charge in [-0.1, -0.05) is 61.9 Å². The highest BCUT2D eigenvalue weighted by Gasteiger charge is 2.19. The normalized spacial score (nSPS) is 13.9. The number of halogens is 2. The Bertz CT molecular complexity index is 178. The molecule has 19 heavy (non-hydrogen) atoms. The lowest BCUT2D eigenvalue weighted by molar-refractivity contribution is -0.907. The van der Waals surface area contributed by atoms with Crippen LogP contribution >= 0.6 is 15.9 Å². The molecule has 0 aromatic heterocycles. The minimum absolute atomic E-state index is 0. The Morgan fingerprint density at radius 2 is 1.11 bits per heavy atom. The molecule has 0 aliphatic rings. The summed E-state index contributed by atoms with van der Waals surface area (Å²) >= 11 is 3.63. The Hall–Kier alpha value is 0.730. The van der Waals surface area contributed by atoms with E-state index < -0.39 is 0 Å². The average Bonchev–Trinajstić information content (AvgIpc) is 2.35. The van der Waals surface area contributed by atoms with Crippen molar-refractivity contribution < 1.29 is 16.9 Å². The van der Waals surface area contributed by atoms with Gasteiger partial charge in [0.25, 0.3) is 0 Å². The van der Waals surface area contributed by atoms with Gasteiger partial charge >= 0.3 is 0 Å². The topological polar surface area (TPSA) is 0 Å². The van der Waals surface area contributed by atoms with Crippen LogP contribution in [0.15, 0.2) is 0 Å². The molecule has 3 heteroatoms. The third-order valence-corrected chi connectivity index (χ3v) is 4.33. The van der Waals surface area contributed by atoms with E-state index in [2.05, 4.69) is 36.8 Å². The van der Waals surface area contributed by atoms with Crippen molar-refractivity contribution in [1.82, 2.24) is 0 Å². The lowest BCUT2D eigenvalue weighted by atomic mass is 10.1. The van der Waals surface area contributed by atoms with E-state index in [-0.39, 0.29) is 12.4 Å². The minimum atomic E-state index is 0. The summed E-state index contributed by atoms with van der Waals surface area (Å²) in [5, 5.41) is 1.15. The minimum Gasteiger partial charge on any atom is -1.00 e. The van der Waals surface area contributed by atoms with Gasteiger partial charge in [0.2, 0.25) is 0 Å². The SMILES string of the molecule is CCCCCCC[N+](C)(CCBr)CCCCCC.[Cl-]. The quantitative estimate of drug-likeness (QED) is 0.270. The molecule has 0 spiro atoms. The van der Waals surface area contributed by atoms with E-state index in [0.717, 1.165) is 5.33 Å². The zero-order chi connectivity index (χ0) is 13.7. The summed E-state index contributed by atoms with van der Waals surface area (Å²) in [4.78, 5) is 0. The molecule has 0 amide bonds. The second kappa shape index (κ2) is 15.1. The molecule has 1 nitrogen and oxygen atoms in total. The lowest BCUT2D eigenvalue weighted by Gasteiger charge is -2.34. The molecule has 118 valence electrons. The van der Waals surface area contributed by atoms with Crippen LogP contribution < -0.4 is 12.4 Å². The first-order valence-electron chi connectivity index (χ1n) is 8.08. The highest BCUT2D eigenvalue weighted by atomic mass is 79.9. The number of alkyl halides is 1. The van der Waals surface area contributed by atoms with E-state index in [1.54, 1.807) is 0 Å². The van der Waals surface area contributed by atoms with Crippen molar-refractivity contribution in [2.45, 2.75) is 71.6 Å². The van der Waals surface area contributed by atoms with Crippen LogP contribution in [0.25, 0.3) is 0 Å². The maximum absolute atomic E-state index is 3.63. The second-order valence-corrected chi connectivity index (χ2v) is 6.75. The maximum atomic E-state index is 3.63. The number of unbranched alkanes of at least 4 members (excludes halogenated alkanes) is 7. The van der Waals surface area contributed by atoms with Gasteiger partial charge in [-0.15, -0.1) is 0 Å². The fraction of sp³-hybridized carbons (Fsp3) is 1.00. The molecule has 1 atom stereocenters. The molecule has 0 saturated heterocycles. The summed E-state index contributed by atoms with van der Waals surface area (Å²) in [5.41, 5.74) is 0. The summed E-state index contributed by atoms with van der Waals surface area (Å²) < 4.78 is 1.28. The summed E-state index contributed by atoms with van der Waals surface area (Å²) in [5.74, 6) is 0. The highest BCUT2D eigenvalue weighted by Crippen LogP contribution is 2.12. The number of hydrogen-bond donors (Lipinski definition) is 0. The summed E-state index contributed by atoms with van der Waals surface area (Å²) in [6, 6.07) is 0. The van der Waals surface area contributed by atoms with Crippen LogP contribution in [0.5, 0.6) is 0 Å². The van der Waals surface area contributed by atoms with Crippen LogP contribution in [0.1, 0.15) is 71.6 Å². The van der Waals surface area contributed by atoms with Gasteiger partial charge < -0.3 is 16.9 Å². The molecule has 0 aliphatic heterocycles. The van der Waals surface area contributed by atoms with Crippen molar-refractivity contribution in [2.24, 2.45) is 0 Å². The van der Waals surface area contributed by atoms with Crippen molar-refractivity contribution in [3.63, 3.8) is 0 Å². The van der Waals surface area contributed by atoms with Crippen LogP contribution in [0.2, 0.25) is 0 Å². The molecule has 0 aromatic carbocycles. The third-order valence-electron chi connectivity index (χ3n) is 3.98. The fourth-order valence-electron chi connectivity index (χ4n) is 2.56. The molecule has 0 bridgehead atoms. The zero-order valence-corrected chi connectivity index (χ0v) is 15.7. The molecule has 0 N–H and O–H groups in total. The van der Waals surface area contributed by atoms with Crippen LogP contribution in [-0.2, 0) is 0 Å². The molecule has 0 aliphatic carbocycles. The highest BCUT2D eigenvalue weighted by molar-refractivity contribution is 9.09. The fourth-order valence-corrected chi connectivity index (χ4v) is 3.41. The first kappa shape index (κ1) is 22.0. The van der Waals surface area contributed by atoms with Crippen molar-refractivity contribution in [2.75, 3.05) is 32.0 Å². The first-order valence-corrected chi connectivity index (χ1v) is 9.20. The van der Waals surface area contributed by atoms with E-state index >= 15 is 0 Å². The van der Waals surface area contributed by atoms with Gasteiger partial charge in [0, 0.05) is 0 Å². The van der Waals surface area contributed by atoms with Crippen molar-refractivity contribution in [3.05, 3.63) is 0 Å². The van der Waals surface area contributed by atoms with Gasteiger partial charge in [-0.25, -0.2) is 0 Å². The molecular formula is C16H35BrClN. The first-order chi connectivity index (χ1) is 8.68. The van der Waals surface area contributed by atoms with Gasteiger partial charge in [-0.2, -0.15) is 0 Å². The Balaban J connectivity index is 0. The Morgan fingerprint density at radius 1 is 0.684 bits per heavy atom. The number of rotatable bonds is 13. The molecule has 0 saturated carbocycles. The molecule has 1 unspecified atom stereocenters. The van der Waals surface area contributed by atoms with Gasteiger partial charge in [0.1, 0.15) is 0 Å². The van der Waals surface area contributed by atoms with Crippen molar-refractivity contribution in [3.8, 4) is 0 Å². The molecule has 0 fully saturated rings. The molecule has 0 heterocycles. The van der Waals surface area contributed by atoms with Crippen LogP contribution in [0.4, 0.5) is 0 Å². The summed E-state index contributed by atoms with van der Waals surface area (Å²) in [7, 11) is 2.45. The largest absolute Gasteiger partial charge is 1.00 e. The monoisotopic (exact) mass is 355 g/mol. The van der Waals surface area contributed by atoms with E-state index in [1.807, 2.05) is 0 Å². The smallest absolute Gasteiger partial charge is 0.0883 e. The summed E-state index contributed by atoms with van der Waals surface area (Å²) in [6.07, 6.45) is 12.6. The Labute approximate surface area is 136 Å². The molecule has 0 aromatic rings. The third kappa shape index (κ3) is 13.5. The van der Waals surface area contributed by atoms with Crippen molar-refractivity contribution in [1.29, 1.82) is 0 Å². The van der Waals surface area contributed by atoms with Crippen LogP contribution in [0, 0.1) is 0 Å². The number of nitrogens with zero attached hydrogens (tertiary/aromatic N) is 1. The van der Waals surface area contributed by atoms with Gasteiger partial charge in [-0.3, -0.25) is 0 Å². The van der Waals surface area contributed by atoms with E-state index in [9.17, 15) is 0 Å². The molecule has 0 rings (SSSR count). The number of hydrogen-bond acceptors (Lipinski definition) is 0. The van der Waals surface area contributed by atoms with E-state index in [4.69, 9.17) is 0 Å². The maximum Gasteiger partial charge on any atom is 0.0883 e. The van der Waals surface area contributed by atoms with E-state index in [1.165, 1.54) is 81.9 Å². The van der Waals surface area contributed by atoms with Crippen LogP contribution in [-0.4, -0.2) is 36.5 Å². The number of quaternary nitrogens is 1. The zero-order valence-electron chi connectivity index (χ0n) is 13.4. The molecular weight excluding hydrogens is 322 g/mol. The predicted molar refractivity (Wildman–Crippen MR) is 87.5 cm³/mol. The van der Waals surface area contributed by atoms with E-state index in [0.29, 0.717) is 0 Å². The standard InChI is InChI=1S/C16H35BrN.ClH/c1-4-6-8-10-12-15-18(3,16-13-17)14-11-9-7-5-2;/h4-16H2,1-3H3;1H/q+1;/p-1. The second-order valence-electron chi connectivity index (χ2n) is 5.95. The van der Waals surface area contributed by atoms with Crippen LogP contribution in [0.3, 0.4) is 0 Å². The predicted octanol–water partition coefficient (Wildman–Crippen LogP) is 2.38. The Kier molecular flexibility index (Phi) is 17.5.